The van der Waals surface area contributed by atoms with Crippen LogP contribution in [0.25, 0.3) is 0 Å². The molecule has 0 radical (unpaired) electrons. The van der Waals surface area contributed by atoms with Gasteiger partial charge in [-0.3, -0.25) is 4.79 Å². The average molecular weight is 380 g/mol. The molecule has 1 atom stereocenters. The molecular formula is C19H26ClN3O3. The molecule has 6 nitrogen and oxygen atoms in total. The maximum Gasteiger partial charge on any atom is 0.257 e. The second-order valence-electron chi connectivity index (χ2n) is 5.94. The Kier molecular flexibility index (Phi) is 7.33. The van der Waals surface area contributed by atoms with Gasteiger partial charge in [-0.25, -0.2) is 4.68 Å². The van der Waals surface area contributed by atoms with Crippen LogP contribution in [0, 0.1) is 0 Å². The molecule has 0 saturated heterocycles. The lowest BCUT2D eigenvalue weighted by Gasteiger charge is -2.16. The molecule has 0 fully saturated rings. The SMILES string of the molecule is CCCOc1c(Cl)cc(C(=O)Nc2ccnn2C(C)CC)cc1OCC. The van der Waals surface area contributed by atoms with Crippen molar-refractivity contribution in [1.82, 2.24) is 9.78 Å². The van der Waals surface area contributed by atoms with Gasteiger partial charge in [0.05, 0.1) is 30.5 Å². The number of anilines is 1. The van der Waals surface area contributed by atoms with Gasteiger partial charge >= 0.3 is 0 Å². The zero-order chi connectivity index (χ0) is 19.1. The lowest BCUT2D eigenvalue weighted by atomic mass is 10.2. The molecule has 0 bridgehead atoms. The normalized spacial score (nSPS) is 11.9. The first-order valence-corrected chi connectivity index (χ1v) is 9.33. The van der Waals surface area contributed by atoms with E-state index >= 15 is 0 Å². The highest BCUT2D eigenvalue weighted by Crippen LogP contribution is 2.37. The van der Waals surface area contributed by atoms with E-state index < -0.39 is 0 Å². The van der Waals surface area contributed by atoms with Gasteiger partial charge in [0.25, 0.3) is 5.91 Å². The van der Waals surface area contributed by atoms with Crippen LogP contribution in [0.1, 0.15) is 56.9 Å². The summed E-state index contributed by atoms with van der Waals surface area (Å²) >= 11 is 6.33. The minimum Gasteiger partial charge on any atom is -0.490 e. The molecule has 7 heteroatoms. The zero-order valence-corrected chi connectivity index (χ0v) is 16.5. The van der Waals surface area contributed by atoms with Gasteiger partial charge in [0.2, 0.25) is 0 Å². The summed E-state index contributed by atoms with van der Waals surface area (Å²) in [6.45, 7) is 8.98. The molecule has 0 aliphatic carbocycles. The number of ether oxygens (including phenoxy) is 2. The van der Waals surface area contributed by atoms with E-state index in [0.29, 0.717) is 41.1 Å². The van der Waals surface area contributed by atoms with Crippen LogP contribution in [0.3, 0.4) is 0 Å². The fourth-order valence-electron chi connectivity index (χ4n) is 2.43. The van der Waals surface area contributed by atoms with Crippen molar-refractivity contribution in [2.75, 3.05) is 18.5 Å². The molecule has 0 aliphatic rings. The monoisotopic (exact) mass is 379 g/mol. The molecule has 0 saturated carbocycles. The number of hydrogen-bond acceptors (Lipinski definition) is 4. The van der Waals surface area contributed by atoms with Gasteiger partial charge in [-0.1, -0.05) is 25.4 Å². The third kappa shape index (κ3) is 4.69. The number of benzene rings is 1. The molecule has 142 valence electrons. The van der Waals surface area contributed by atoms with Gasteiger partial charge in [0, 0.05) is 11.6 Å². The van der Waals surface area contributed by atoms with Crippen molar-refractivity contribution in [2.45, 2.75) is 46.6 Å². The van der Waals surface area contributed by atoms with Crippen molar-refractivity contribution in [2.24, 2.45) is 0 Å². The highest BCUT2D eigenvalue weighted by Gasteiger charge is 2.18. The van der Waals surface area contributed by atoms with Crippen molar-refractivity contribution >= 4 is 23.3 Å². The van der Waals surface area contributed by atoms with E-state index in [2.05, 4.69) is 17.3 Å². The van der Waals surface area contributed by atoms with E-state index in [1.165, 1.54) is 0 Å². The lowest BCUT2D eigenvalue weighted by molar-refractivity contribution is 0.102. The minimum absolute atomic E-state index is 0.188. The molecule has 1 N–H and O–H groups in total. The fraction of sp³-hybridized carbons (Fsp3) is 0.474. The summed E-state index contributed by atoms with van der Waals surface area (Å²) in [6, 6.07) is 5.20. The Morgan fingerprint density at radius 1 is 1.31 bits per heavy atom. The summed E-state index contributed by atoms with van der Waals surface area (Å²) in [4.78, 5) is 12.7. The number of hydrogen-bond donors (Lipinski definition) is 1. The Balaban J connectivity index is 2.27. The second-order valence-corrected chi connectivity index (χ2v) is 6.35. The largest absolute Gasteiger partial charge is 0.490 e. The van der Waals surface area contributed by atoms with Gasteiger partial charge in [0.15, 0.2) is 11.5 Å². The summed E-state index contributed by atoms with van der Waals surface area (Å²) in [5.74, 6) is 1.30. The zero-order valence-electron chi connectivity index (χ0n) is 15.7. The molecule has 1 aromatic heterocycles. The van der Waals surface area contributed by atoms with Gasteiger partial charge in [-0.05, 0) is 38.8 Å². The van der Waals surface area contributed by atoms with E-state index in [1.807, 2.05) is 20.8 Å². The molecule has 1 aromatic carbocycles. The third-order valence-electron chi connectivity index (χ3n) is 3.94. The standard InChI is InChI=1S/C19H26ClN3O3/c1-5-10-26-18-15(20)11-14(12-16(18)25-7-3)19(24)22-17-8-9-21-23(17)13(4)6-2/h8-9,11-13H,5-7,10H2,1-4H3,(H,22,24). The Bertz CT molecular complexity index is 746. The van der Waals surface area contributed by atoms with Gasteiger partial charge in [0.1, 0.15) is 5.82 Å². The van der Waals surface area contributed by atoms with Crippen LogP contribution >= 0.6 is 11.6 Å². The molecule has 2 aromatic rings. The number of aromatic nitrogens is 2. The van der Waals surface area contributed by atoms with Crippen LogP contribution in [0.15, 0.2) is 24.4 Å². The van der Waals surface area contributed by atoms with Crippen molar-refractivity contribution in [3.8, 4) is 11.5 Å². The molecule has 2 rings (SSSR count). The van der Waals surface area contributed by atoms with Crippen molar-refractivity contribution in [1.29, 1.82) is 0 Å². The summed E-state index contributed by atoms with van der Waals surface area (Å²) < 4.78 is 13.1. The van der Waals surface area contributed by atoms with Crippen LogP contribution in [-0.4, -0.2) is 28.9 Å². The minimum atomic E-state index is -0.278. The van der Waals surface area contributed by atoms with Crippen molar-refractivity contribution in [3.63, 3.8) is 0 Å². The highest BCUT2D eigenvalue weighted by molar-refractivity contribution is 6.32. The lowest BCUT2D eigenvalue weighted by Crippen LogP contribution is -2.17. The van der Waals surface area contributed by atoms with Crippen LogP contribution < -0.4 is 14.8 Å². The number of carbonyl (C=O) groups is 1. The molecule has 0 spiro atoms. The smallest absolute Gasteiger partial charge is 0.257 e. The van der Waals surface area contributed by atoms with Crippen molar-refractivity contribution in [3.05, 3.63) is 35.0 Å². The summed E-state index contributed by atoms with van der Waals surface area (Å²) in [5, 5.41) is 7.52. The molecule has 1 amide bonds. The quantitative estimate of drug-likeness (QED) is 0.669. The molecule has 0 aliphatic heterocycles. The number of halogens is 1. The summed E-state index contributed by atoms with van der Waals surface area (Å²) in [7, 11) is 0. The van der Waals surface area contributed by atoms with Gasteiger partial charge in [-0.15, -0.1) is 0 Å². The van der Waals surface area contributed by atoms with E-state index in [0.717, 1.165) is 12.8 Å². The molecule has 26 heavy (non-hydrogen) atoms. The molecule has 1 unspecified atom stereocenters. The average Bonchev–Trinajstić information content (AvgIpc) is 3.08. The number of nitrogens with one attached hydrogen (secondary N) is 1. The first-order valence-electron chi connectivity index (χ1n) is 8.95. The predicted octanol–water partition coefficient (Wildman–Crippen LogP) is 4.95. The summed E-state index contributed by atoms with van der Waals surface area (Å²) in [6.07, 6.45) is 3.43. The second kappa shape index (κ2) is 9.48. The number of nitrogens with zero attached hydrogens (tertiary/aromatic N) is 2. The Morgan fingerprint density at radius 3 is 2.73 bits per heavy atom. The third-order valence-corrected chi connectivity index (χ3v) is 4.22. The Labute approximate surface area is 159 Å². The first kappa shape index (κ1) is 20.1. The Hall–Kier alpha value is -2.21. The maximum absolute atomic E-state index is 12.7. The van der Waals surface area contributed by atoms with Crippen LogP contribution in [-0.2, 0) is 0 Å². The van der Waals surface area contributed by atoms with Crippen molar-refractivity contribution < 1.29 is 14.3 Å². The molecular weight excluding hydrogens is 354 g/mol. The van der Waals surface area contributed by atoms with Gasteiger partial charge in [-0.2, -0.15) is 5.10 Å². The Morgan fingerprint density at radius 2 is 2.08 bits per heavy atom. The predicted molar refractivity (Wildman–Crippen MR) is 104 cm³/mol. The number of amides is 1. The fourth-order valence-corrected chi connectivity index (χ4v) is 2.70. The maximum atomic E-state index is 12.7. The number of carbonyl (C=O) groups excluding carboxylic acids is 1. The van der Waals surface area contributed by atoms with E-state index in [1.54, 1.807) is 29.1 Å². The topological polar surface area (TPSA) is 65.4 Å². The first-order chi connectivity index (χ1) is 12.5. The highest BCUT2D eigenvalue weighted by atomic mass is 35.5. The van der Waals surface area contributed by atoms with Crippen LogP contribution in [0.2, 0.25) is 5.02 Å². The van der Waals surface area contributed by atoms with Crippen LogP contribution in [0.5, 0.6) is 11.5 Å². The van der Waals surface area contributed by atoms with E-state index in [4.69, 9.17) is 21.1 Å². The summed E-state index contributed by atoms with van der Waals surface area (Å²) in [5.41, 5.74) is 0.402. The van der Waals surface area contributed by atoms with E-state index in [-0.39, 0.29) is 11.9 Å². The van der Waals surface area contributed by atoms with Gasteiger partial charge < -0.3 is 14.8 Å². The number of rotatable bonds is 9. The van der Waals surface area contributed by atoms with E-state index in [9.17, 15) is 4.79 Å². The molecule has 1 heterocycles. The van der Waals surface area contributed by atoms with Crippen LogP contribution in [0.4, 0.5) is 5.82 Å².